The Kier molecular flexibility index (Phi) is 5.40. The van der Waals surface area contributed by atoms with Gasteiger partial charge in [0, 0.05) is 11.4 Å². The topological polar surface area (TPSA) is 86.5 Å². The number of para-hydroxylation sites is 1. The largest absolute Gasteiger partial charge is 0.339 e. The third kappa shape index (κ3) is 3.95. The lowest BCUT2D eigenvalue weighted by molar-refractivity contribution is 0.976. The summed E-state index contributed by atoms with van der Waals surface area (Å²) in [6.45, 7) is 4.25. The van der Waals surface area contributed by atoms with Crippen LogP contribution in [0.2, 0.25) is 0 Å². The minimum absolute atomic E-state index is 0.432. The number of aromatic nitrogens is 3. The van der Waals surface area contributed by atoms with E-state index in [9.17, 15) is 0 Å². The number of hydrogen-bond donors (Lipinski definition) is 2. The van der Waals surface area contributed by atoms with Crippen LogP contribution in [0.5, 0.6) is 0 Å². The van der Waals surface area contributed by atoms with Crippen molar-refractivity contribution in [2.24, 2.45) is 0 Å². The van der Waals surface area contributed by atoms with Gasteiger partial charge in [0.2, 0.25) is 5.95 Å². The number of benzene rings is 2. The Labute approximate surface area is 152 Å². The Morgan fingerprint density at radius 3 is 2.42 bits per heavy atom. The molecular formula is C20H20N6. The molecule has 0 aliphatic carbocycles. The van der Waals surface area contributed by atoms with Gasteiger partial charge in [0.25, 0.3) is 0 Å². The van der Waals surface area contributed by atoms with Gasteiger partial charge in [-0.25, -0.2) is 0 Å². The number of nitrogens with one attached hydrogen (secondary N) is 2. The number of nitrogens with zero attached hydrogens (tertiary/aromatic N) is 4. The summed E-state index contributed by atoms with van der Waals surface area (Å²) in [5.41, 5.74) is 4.84. The second-order valence-electron chi connectivity index (χ2n) is 5.77. The van der Waals surface area contributed by atoms with Crippen molar-refractivity contribution in [1.82, 2.24) is 15.2 Å². The van der Waals surface area contributed by atoms with Crippen molar-refractivity contribution in [1.29, 1.82) is 5.26 Å². The van der Waals surface area contributed by atoms with Crippen LogP contribution in [0.15, 0.2) is 48.7 Å². The summed E-state index contributed by atoms with van der Waals surface area (Å²) in [7, 11) is 0. The van der Waals surface area contributed by atoms with Crippen molar-refractivity contribution in [2.45, 2.75) is 26.7 Å². The molecule has 2 aromatic carbocycles. The normalized spacial score (nSPS) is 10.2. The molecule has 0 aliphatic rings. The average molecular weight is 344 g/mol. The van der Waals surface area contributed by atoms with E-state index in [2.05, 4.69) is 63.9 Å². The second-order valence-corrected chi connectivity index (χ2v) is 5.77. The molecule has 26 heavy (non-hydrogen) atoms. The SMILES string of the molecule is CCc1cccc(CC)c1Nc1nncc(Nc2cccc(C#N)c2)n1. The molecule has 6 nitrogen and oxygen atoms in total. The predicted octanol–water partition coefficient (Wildman–Crippen LogP) is 4.36. The van der Waals surface area contributed by atoms with Gasteiger partial charge in [0.15, 0.2) is 5.82 Å². The molecule has 2 N–H and O–H groups in total. The van der Waals surface area contributed by atoms with Gasteiger partial charge >= 0.3 is 0 Å². The van der Waals surface area contributed by atoms with Crippen molar-refractivity contribution in [2.75, 3.05) is 10.6 Å². The van der Waals surface area contributed by atoms with E-state index in [-0.39, 0.29) is 0 Å². The van der Waals surface area contributed by atoms with Crippen LogP contribution in [0, 0.1) is 11.3 Å². The monoisotopic (exact) mass is 344 g/mol. The molecule has 0 fully saturated rings. The summed E-state index contributed by atoms with van der Waals surface area (Å²) in [6.07, 6.45) is 3.39. The average Bonchev–Trinajstić information content (AvgIpc) is 2.68. The predicted molar refractivity (Wildman–Crippen MR) is 103 cm³/mol. The summed E-state index contributed by atoms with van der Waals surface area (Å²) in [5, 5.41) is 23.6. The maximum Gasteiger partial charge on any atom is 0.249 e. The first-order valence-corrected chi connectivity index (χ1v) is 8.58. The molecular weight excluding hydrogens is 324 g/mol. The molecule has 6 heteroatoms. The number of anilines is 4. The fourth-order valence-corrected chi connectivity index (χ4v) is 2.75. The third-order valence-corrected chi connectivity index (χ3v) is 4.06. The molecule has 0 saturated carbocycles. The molecule has 0 aliphatic heterocycles. The lowest BCUT2D eigenvalue weighted by atomic mass is 10.0. The fourth-order valence-electron chi connectivity index (χ4n) is 2.75. The Morgan fingerprint density at radius 2 is 1.73 bits per heavy atom. The number of aryl methyl sites for hydroxylation is 2. The quantitative estimate of drug-likeness (QED) is 0.691. The summed E-state index contributed by atoms with van der Waals surface area (Å²) < 4.78 is 0. The van der Waals surface area contributed by atoms with E-state index in [0.29, 0.717) is 17.3 Å². The fraction of sp³-hybridized carbons (Fsp3) is 0.200. The minimum atomic E-state index is 0.432. The van der Waals surface area contributed by atoms with Crippen LogP contribution in [0.4, 0.5) is 23.1 Å². The van der Waals surface area contributed by atoms with Gasteiger partial charge in [-0.2, -0.15) is 15.3 Å². The van der Waals surface area contributed by atoms with Crippen LogP contribution < -0.4 is 10.6 Å². The number of rotatable bonds is 6. The Morgan fingerprint density at radius 1 is 1.00 bits per heavy atom. The highest BCUT2D eigenvalue weighted by atomic mass is 15.3. The van der Waals surface area contributed by atoms with Gasteiger partial charge in [-0.15, -0.1) is 5.10 Å². The molecule has 0 saturated heterocycles. The minimum Gasteiger partial charge on any atom is -0.339 e. The van der Waals surface area contributed by atoms with Gasteiger partial charge in [-0.1, -0.05) is 38.1 Å². The zero-order chi connectivity index (χ0) is 18.4. The van der Waals surface area contributed by atoms with Gasteiger partial charge in [-0.3, -0.25) is 0 Å². The first-order valence-electron chi connectivity index (χ1n) is 8.58. The summed E-state index contributed by atoms with van der Waals surface area (Å²) in [4.78, 5) is 4.49. The molecule has 130 valence electrons. The van der Waals surface area contributed by atoms with Crippen LogP contribution in [-0.4, -0.2) is 15.2 Å². The highest BCUT2D eigenvalue weighted by Crippen LogP contribution is 2.25. The molecule has 0 amide bonds. The first kappa shape index (κ1) is 17.4. The van der Waals surface area contributed by atoms with Crippen molar-refractivity contribution >= 4 is 23.1 Å². The van der Waals surface area contributed by atoms with Crippen LogP contribution in [0.1, 0.15) is 30.5 Å². The Bertz CT molecular complexity index is 923. The molecule has 0 unspecified atom stereocenters. The molecule has 3 aromatic rings. The smallest absolute Gasteiger partial charge is 0.249 e. The zero-order valence-electron chi connectivity index (χ0n) is 14.8. The Balaban J connectivity index is 1.85. The van der Waals surface area contributed by atoms with Crippen molar-refractivity contribution in [3.05, 3.63) is 65.4 Å². The van der Waals surface area contributed by atoms with Crippen molar-refractivity contribution < 1.29 is 0 Å². The lowest BCUT2D eigenvalue weighted by Gasteiger charge is -2.14. The summed E-state index contributed by atoms with van der Waals surface area (Å²) >= 11 is 0. The van der Waals surface area contributed by atoms with E-state index in [1.165, 1.54) is 11.1 Å². The molecule has 1 aromatic heterocycles. The number of nitriles is 1. The summed E-state index contributed by atoms with van der Waals surface area (Å²) in [5.74, 6) is 0.992. The van der Waals surface area contributed by atoms with Crippen LogP contribution in [0.3, 0.4) is 0 Å². The van der Waals surface area contributed by atoms with E-state index < -0.39 is 0 Å². The van der Waals surface area contributed by atoms with E-state index in [1.54, 1.807) is 18.3 Å². The van der Waals surface area contributed by atoms with E-state index >= 15 is 0 Å². The number of hydrogen-bond acceptors (Lipinski definition) is 6. The standard InChI is InChI=1S/C20H20N6/c1-3-15-8-6-9-16(4-2)19(15)25-20-24-18(13-22-26-20)23-17-10-5-7-14(11-17)12-21/h5-11,13H,3-4H2,1-2H3,(H2,23,24,25,26). The lowest BCUT2D eigenvalue weighted by Crippen LogP contribution is -2.06. The molecule has 0 bridgehead atoms. The van der Waals surface area contributed by atoms with Crippen LogP contribution in [-0.2, 0) is 12.8 Å². The van der Waals surface area contributed by atoms with Crippen molar-refractivity contribution in [3.63, 3.8) is 0 Å². The third-order valence-electron chi connectivity index (χ3n) is 4.06. The molecule has 1 heterocycles. The van der Waals surface area contributed by atoms with Gasteiger partial charge in [0.05, 0.1) is 17.8 Å². The maximum atomic E-state index is 9.01. The molecule has 0 spiro atoms. The highest BCUT2D eigenvalue weighted by Gasteiger charge is 2.09. The summed E-state index contributed by atoms with van der Waals surface area (Å²) in [6, 6.07) is 15.6. The van der Waals surface area contributed by atoms with E-state index in [4.69, 9.17) is 5.26 Å². The zero-order valence-corrected chi connectivity index (χ0v) is 14.8. The molecule has 3 rings (SSSR count). The Hall–Kier alpha value is -3.46. The second kappa shape index (κ2) is 8.08. The van der Waals surface area contributed by atoms with E-state index in [1.807, 2.05) is 12.1 Å². The first-order chi connectivity index (χ1) is 12.7. The molecule has 0 atom stereocenters. The van der Waals surface area contributed by atoms with Crippen LogP contribution in [0.25, 0.3) is 0 Å². The van der Waals surface area contributed by atoms with Crippen molar-refractivity contribution in [3.8, 4) is 6.07 Å². The van der Waals surface area contributed by atoms with Gasteiger partial charge in [-0.05, 0) is 42.2 Å². The van der Waals surface area contributed by atoms with E-state index in [0.717, 1.165) is 24.2 Å². The highest BCUT2D eigenvalue weighted by molar-refractivity contribution is 5.65. The molecule has 0 radical (unpaired) electrons. The van der Waals surface area contributed by atoms with Gasteiger partial charge in [0.1, 0.15) is 0 Å². The van der Waals surface area contributed by atoms with Gasteiger partial charge < -0.3 is 10.6 Å². The maximum absolute atomic E-state index is 9.01. The van der Waals surface area contributed by atoms with Crippen LogP contribution >= 0.6 is 0 Å².